The van der Waals surface area contributed by atoms with Crippen molar-refractivity contribution in [1.82, 2.24) is 4.31 Å². The van der Waals surface area contributed by atoms with Crippen molar-refractivity contribution in [3.8, 4) is 11.8 Å². The van der Waals surface area contributed by atoms with Crippen molar-refractivity contribution in [2.24, 2.45) is 5.92 Å². The first-order valence-electron chi connectivity index (χ1n) is 12.5. The molecule has 0 radical (unpaired) electrons. The maximum absolute atomic E-state index is 13.8. The molecule has 7 nitrogen and oxygen atoms in total. The summed E-state index contributed by atoms with van der Waals surface area (Å²) in [6, 6.07) is 18.2. The average Bonchev–Trinajstić information content (AvgIpc) is 2.96. The number of sulfonamides is 1. The van der Waals surface area contributed by atoms with Gasteiger partial charge in [0.25, 0.3) is 0 Å². The molecule has 198 valence electrons. The first-order chi connectivity index (χ1) is 18.0. The molecule has 2 unspecified atom stereocenters. The minimum atomic E-state index is -3.76. The SMILES string of the molecule is COc1ccc2c(c1)CC(C)CN(Cc1cc(C(CC(=O)O)c3ccc(C#N)cc3C)ccc1C)S2(=O)=O. The highest BCUT2D eigenvalue weighted by molar-refractivity contribution is 7.89. The van der Waals surface area contributed by atoms with Gasteiger partial charge in [0.2, 0.25) is 10.0 Å². The Kier molecular flexibility index (Phi) is 7.91. The molecule has 0 saturated carbocycles. The van der Waals surface area contributed by atoms with Gasteiger partial charge in [0.1, 0.15) is 5.75 Å². The minimum Gasteiger partial charge on any atom is -0.497 e. The quantitative estimate of drug-likeness (QED) is 0.450. The van der Waals surface area contributed by atoms with E-state index in [-0.39, 0.29) is 18.9 Å². The van der Waals surface area contributed by atoms with Crippen molar-refractivity contribution >= 4 is 16.0 Å². The van der Waals surface area contributed by atoms with Gasteiger partial charge in [0, 0.05) is 19.0 Å². The zero-order valence-electron chi connectivity index (χ0n) is 22.1. The summed E-state index contributed by atoms with van der Waals surface area (Å²) in [4.78, 5) is 12.1. The van der Waals surface area contributed by atoms with E-state index in [4.69, 9.17) is 4.74 Å². The molecule has 2 atom stereocenters. The number of ether oxygens (including phenoxy) is 1. The lowest BCUT2D eigenvalue weighted by Gasteiger charge is -2.25. The van der Waals surface area contributed by atoms with Crippen molar-refractivity contribution in [3.05, 3.63) is 93.5 Å². The van der Waals surface area contributed by atoms with Gasteiger partial charge >= 0.3 is 5.97 Å². The highest BCUT2D eigenvalue weighted by atomic mass is 32.2. The molecule has 1 aliphatic heterocycles. The van der Waals surface area contributed by atoms with E-state index >= 15 is 0 Å². The number of hydrogen-bond donors (Lipinski definition) is 1. The van der Waals surface area contributed by atoms with Crippen LogP contribution in [0.2, 0.25) is 0 Å². The first-order valence-corrected chi connectivity index (χ1v) is 14.0. The summed E-state index contributed by atoms with van der Waals surface area (Å²) >= 11 is 0. The number of fused-ring (bicyclic) bond motifs is 1. The van der Waals surface area contributed by atoms with E-state index in [0.717, 1.165) is 33.4 Å². The maximum Gasteiger partial charge on any atom is 0.304 e. The van der Waals surface area contributed by atoms with E-state index in [9.17, 15) is 23.6 Å². The standard InChI is InChI=1S/C30H32N2O5S/c1-19-11-24-14-26(37-4)8-10-29(24)38(35,36)32(17-19)18-25-13-23(7-5-20(25)2)28(15-30(33)34)27-9-6-22(16-31)12-21(27)3/h5-10,12-14,19,28H,11,15,17-18H2,1-4H3,(H,33,34). The molecule has 0 fully saturated rings. The van der Waals surface area contributed by atoms with Crippen LogP contribution in [0.1, 0.15) is 58.2 Å². The van der Waals surface area contributed by atoms with Gasteiger partial charge in [-0.2, -0.15) is 9.57 Å². The Morgan fingerprint density at radius 2 is 1.89 bits per heavy atom. The normalized spacial score (nSPS) is 17.6. The molecule has 3 aromatic rings. The fraction of sp³-hybridized carbons (Fsp3) is 0.333. The van der Waals surface area contributed by atoms with Crippen LogP contribution in [-0.4, -0.2) is 37.5 Å². The van der Waals surface area contributed by atoms with Gasteiger partial charge in [-0.15, -0.1) is 0 Å². The summed E-state index contributed by atoms with van der Waals surface area (Å²) < 4.78 is 34.4. The molecule has 0 bridgehead atoms. The van der Waals surface area contributed by atoms with E-state index in [1.165, 1.54) is 4.31 Å². The second kappa shape index (κ2) is 11.0. The van der Waals surface area contributed by atoms with Crippen LogP contribution in [0, 0.1) is 31.1 Å². The van der Waals surface area contributed by atoms with Crippen LogP contribution in [0.3, 0.4) is 0 Å². The number of methoxy groups -OCH3 is 1. The number of nitrogens with zero attached hydrogens (tertiary/aromatic N) is 2. The predicted octanol–water partition coefficient (Wildman–Crippen LogP) is 5.17. The molecule has 0 saturated heterocycles. The lowest BCUT2D eigenvalue weighted by molar-refractivity contribution is -0.137. The van der Waals surface area contributed by atoms with Crippen LogP contribution in [0.25, 0.3) is 0 Å². The van der Waals surface area contributed by atoms with Crippen molar-refractivity contribution < 1.29 is 23.1 Å². The highest BCUT2D eigenvalue weighted by Crippen LogP contribution is 2.35. The topological polar surface area (TPSA) is 108 Å². The molecule has 0 aliphatic carbocycles. The van der Waals surface area contributed by atoms with Gasteiger partial charge in [-0.05, 0) is 89.9 Å². The molecule has 38 heavy (non-hydrogen) atoms. The zero-order valence-corrected chi connectivity index (χ0v) is 22.9. The Morgan fingerprint density at radius 1 is 1.13 bits per heavy atom. The summed E-state index contributed by atoms with van der Waals surface area (Å²) in [7, 11) is -2.19. The number of carboxylic acids is 1. The van der Waals surface area contributed by atoms with Gasteiger partial charge in [-0.25, -0.2) is 8.42 Å². The summed E-state index contributed by atoms with van der Waals surface area (Å²) in [5.41, 5.74) is 5.50. The van der Waals surface area contributed by atoms with Crippen molar-refractivity contribution in [3.63, 3.8) is 0 Å². The van der Waals surface area contributed by atoms with Crippen LogP contribution in [0.4, 0.5) is 0 Å². The number of rotatable bonds is 7. The van der Waals surface area contributed by atoms with E-state index in [1.54, 1.807) is 37.4 Å². The summed E-state index contributed by atoms with van der Waals surface area (Å²) in [5, 5.41) is 18.9. The first kappa shape index (κ1) is 27.4. The molecule has 1 N–H and O–H groups in total. The van der Waals surface area contributed by atoms with Crippen LogP contribution in [0.5, 0.6) is 5.75 Å². The van der Waals surface area contributed by atoms with Crippen LogP contribution < -0.4 is 4.74 Å². The number of carbonyl (C=O) groups is 1. The third-order valence-electron chi connectivity index (χ3n) is 7.24. The molecule has 4 rings (SSSR count). The van der Waals surface area contributed by atoms with Crippen molar-refractivity contribution in [2.75, 3.05) is 13.7 Å². The number of aryl methyl sites for hydroxylation is 2. The predicted molar refractivity (Wildman–Crippen MR) is 145 cm³/mol. The minimum absolute atomic E-state index is 0.0997. The molecule has 8 heteroatoms. The lowest BCUT2D eigenvalue weighted by Crippen LogP contribution is -2.33. The second-order valence-corrected chi connectivity index (χ2v) is 12.0. The number of hydrogen-bond acceptors (Lipinski definition) is 5. The smallest absolute Gasteiger partial charge is 0.304 e. The molecule has 0 spiro atoms. The monoisotopic (exact) mass is 532 g/mol. The van der Waals surface area contributed by atoms with Crippen molar-refractivity contribution in [2.45, 2.75) is 51.0 Å². The summed E-state index contributed by atoms with van der Waals surface area (Å²) in [5.74, 6) is -0.641. The number of aliphatic carboxylic acids is 1. The number of carboxylic acid groups (broad SMARTS) is 1. The Hall–Kier alpha value is -3.67. The highest BCUT2D eigenvalue weighted by Gasteiger charge is 2.33. The molecular formula is C30H32N2O5S. The van der Waals surface area contributed by atoms with Gasteiger partial charge in [-0.3, -0.25) is 4.79 Å². The van der Waals surface area contributed by atoms with Crippen LogP contribution >= 0.6 is 0 Å². The molecular weight excluding hydrogens is 500 g/mol. The molecule has 1 heterocycles. The number of benzene rings is 3. The van der Waals surface area contributed by atoms with E-state index in [1.807, 2.05) is 45.0 Å². The summed E-state index contributed by atoms with van der Waals surface area (Å²) in [6.45, 7) is 6.40. The zero-order chi connectivity index (χ0) is 27.6. The number of nitriles is 1. The van der Waals surface area contributed by atoms with Gasteiger partial charge in [0.05, 0.1) is 30.1 Å². The third kappa shape index (κ3) is 5.59. The van der Waals surface area contributed by atoms with E-state index < -0.39 is 21.9 Å². The Balaban J connectivity index is 1.74. The molecule has 0 amide bonds. The molecule has 3 aromatic carbocycles. The largest absolute Gasteiger partial charge is 0.497 e. The third-order valence-corrected chi connectivity index (χ3v) is 9.16. The molecule has 1 aliphatic rings. The van der Waals surface area contributed by atoms with Gasteiger partial charge in [-0.1, -0.05) is 31.2 Å². The fourth-order valence-corrected chi connectivity index (χ4v) is 7.01. The summed E-state index contributed by atoms with van der Waals surface area (Å²) in [6.07, 6.45) is 0.503. The molecule has 0 aromatic heterocycles. The Morgan fingerprint density at radius 3 is 2.55 bits per heavy atom. The lowest BCUT2D eigenvalue weighted by atomic mass is 9.84. The van der Waals surface area contributed by atoms with Crippen LogP contribution in [0.15, 0.2) is 59.5 Å². The van der Waals surface area contributed by atoms with Gasteiger partial charge < -0.3 is 9.84 Å². The fourth-order valence-electron chi connectivity index (χ4n) is 5.25. The van der Waals surface area contributed by atoms with Crippen molar-refractivity contribution in [1.29, 1.82) is 5.26 Å². The second-order valence-electron chi connectivity index (χ2n) is 10.1. The maximum atomic E-state index is 13.8. The van der Waals surface area contributed by atoms with E-state index in [2.05, 4.69) is 6.07 Å². The average molecular weight is 533 g/mol. The van der Waals surface area contributed by atoms with Crippen LogP contribution in [-0.2, 0) is 27.8 Å². The van der Waals surface area contributed by atoms with Gasteiger partial charge in [0.15, 0.2) is 0 Å². The Labute approximate surface area is 224 Å². The Bertz CT molecular complexity index is 1520. The van der Waals surface area contributed by atoms with E-state index in [0.29, 0.717) is 29.2 Å².